The first-order chi connectivity index (χ1) is 38.8. The van der Waals surface area contributed by atoms with Crippen molar-refractivity contribution in [3.05, 3.63) is 109 Å². The number of unbranched alkanes of at least 4 members (excludes halogenated alkanes) is 29. The summed E-state index contributed by atoms with van der Waals surface area (Å²) in [7, 11) is 0. The fourth-order valence-corrected chi connectivity index (χ4v) is 9.74. The maximum atomic E-state index is 13.1. The van der Waals surface area contributed by atoms with E-state index in [4.69, 9.17) is 9.47 Å². The predicted octanol–water partition coefficient (Wildman–Crippen LogP) is 17.3. The molecule has 7 unspecified atom stereocenters. The lowest BCUT2D eigenvalue weighted by Gasteiger charge is -2.40. The van der Waals surface area contributed by atoms with E-state index >= 15 is 0 Å². The summed E-state index contributed by atoms with van der Waals surface area (Å²) in [6.45, 7) is 3.66. The number of ether oxygens (including phenoxy) is 2. The number of nitrogens with one attached hydrogen (secondary N) is 1. The largest absolute Gasteiger partial charge is 0.394 e. The van der Waals surface area contributed by atoms with Crippen LogP contribution in [0.2, 0.25) is 0 Å². The van der Waals surface area contributed by atoms with Gasteiger partial charge in [-0.3, -0.25) is 4.79 Å². The summed E-state index contributed by atoms with van der Waals surface area (Å²) in [6.07, 6.45) is 78.9. The minimum absolute atomic E-state index is 0.188. The molecule has 0 radical (unpaired) electrons. The van der Waals surface area contributed by atoms with E-state index in [1.807, 2.05) is 6.08 Å². The molecule has 6 N–H and O–H groups in total. The monoisotopic (exact) mass is 1100 g/mol. The van der Waals surface area contributed by atoms with Crippen LogP contribution in [0.1, 0.15) is 271 Å². The van der Waals surface area contributed by atoms with Gasteiger partial charge in [0, 0.05) is 6.42 Å². The van der Waals surface area contributed by atoms with Crippen LogP contribution in [0, 0.1) is 0 Å². The molecule has 454 valence electrons. The molecule has 1 heterocycles. The molecule has 1 aliphatic heterocycles. The fraction of sp³-hybridized carbons (Fsp3) is 0.729. The molecule has 7 atom stereocenters. The van der Waals surface area contributed by atoms with Crippen molar-refractivity contribution in [2.24, 2.45) is 0 Å². The van der Waals surface area contributed by atoms with Crippen molar-refractivity contribution in [3.8, 4) is 0 Å². The Morgan fingerprint density at radius 1 is 0.443 bits per heavy atom. The highest BCUT2D eigenvalue weighted by Crippen LogP contribution is 2.23. The van der Waals surface area contributed by atoms with E-state index in [1.165, 1.54) is 167 Å². The quantitative estimate of drug-likeness (QED) is 0.0261. The zero-order valence-electron chi connectivity index (χ0n) is 50.6. The van der Waals surface area contributed by atoms with E-state index in [0.29, 0.717) is 6.42 Å². The molecule has 0 spiro atoms. The van der Waals surface area contributed by atoms with Gasteiger partial charge in [0.2, 0.25) is 5.91 Å². The van der Waals surface area contributed by atoms with Crippen molar-refractivity contribution in [3.63, 3.8) is 0 Å². The number of carbonyl (C=O) groups is 1. The predicted molar refractivity (Wildman–Crippen MR) is 336 cm³/mol. The van der Waals surface area contributed by atoms with E-state index in [0.717, 1.165) is 83.5 Å². The molecule has 1 amide bonds. The molecule has 1 fully saturated rings. The van der Waals surface area contributed by atoms with E-state index in [9.17, 15) is 30.3 Å². The summed E-state index contributed by atoms with van der Waals surface area (Å²) in [5, 5.41) is 54.6. The van der Waals surface area contributed by atoms with Crippen molar-refractivity contribution < 1.29 is 39.8 Å². The third-order valence-electron chi connectivity index (χ3n) is 14.8. The third kappa shape index (κ3) is 47.1. The molecular formula is C70H121NO8. The first kappa shape index (κ1) is 73.9. The molecule has 79 heavy (non-hydrogen) atoms. The second-order valence-electron chi connectivity index (χ2n) is 22.2. The summed E-state index contributed by atoms with van der Waals surface area (Å²) >= 11 is 0. The van der Waals surface area contributed by atoms with Gasteiger partial charge in [-0.1, -0.05) is 284 Å². The minimum Gasteiger partial charge on any atom is -0.394 e. The van der Waals surface area contributed by atoms with E-state index in [-0.39, 0.29) is 12.5 Å². The van der Waals surface area contributed by atoms with Crippen LogP contribution < -0.4 is 5.32 Å². The van der Waals surface area contributed by atoms with Crippen molar-refractivity contribution in [1.82, 2.24) is 5.32 Å². The van der Waals surface area contributed by atoms with Gasteiger partial charge in [0.25, 0.3) is 0 Å². The smallest absolute Gasteiger partial charge is 0.220 e. The molecule has 0 aromatic carbocycles. The number of aliphatic hydroxyl groups is 5. The SMILES string of the molecule is CC/C=C\C/C=C\C/C=C\C/C=C\C/C=C\C/C=C\C/C=C\CCCCCCCCCCCCCCCCCC(=O)NC(COC1OC(CO)C(O)C(O)C1O)C(O)/C=C/CC/C=C/CCCCCCCCCCCCCCC. The van der Waals surface area contributed by atoms with Crippen molar-refractivity contribution in [2.45, 2.75) is 314 Å². The van der Waals surface area contributed by atoms with Gasteiger partial charge in [-0.15, -0.1) is 0 Å². The van der Waals surface area contributed by atoms with Gasteiger partial charge in [-0.25, -0.2) is 0 Å². The Morgan fingerprint density at radius 3 is 1.22 bits per heavy atom. The molecule has 0 aromatic heterocycles. The Labute approximate surface area is 485 Å². The van der Waals surface area contributed by atoms with Crippen LogP contribution in [-0.4, -0.2) is 87.5 Å². The van der Waals surface area contributed by atoms with Crippen LogP contribution in [0.15, 0.2) is 109 Å². The van der Waals surface area contributed by atoms with Gasteiger partial charge in [0.05, 0.1) is 25.4 Å². The number of hydrogen-bond acceptors (Lipinski definition) is 8. The molecule has 9 heteroatoms. The maximum Gasteiger partial charge on any atom is 0.220 e. The van der Waals surface area contributed by atoms with Crippen molar-refractivity contribution in [2.75, 3.05) is 13.2 Å². The van der Waals surface area contributed by atoms with E-state index < -0.39 is 49.5 Å². The molecule has 0 saturated carbocycles. The van der Waals surface area contributed by atoms with Crippen molar-refractivity contribution in [1.29, 1.82) is 0 Å². The summed E-state index contributed by atoms with van der Waals surface area (Å²) < 4.78 is 11.3. The van der Waals surface area contributed by atoms with Gasteiger partial charge in [-0.2, -0.15) is 0 Å². The molecule has 1 aliphatic rings. The maximum absolute atomic E-state index is 13.1. The number of rotatable bonds is 55. The summed E-state index contributed by atoms with van der Waals surface area (Å²) in [5.74, 6) is -0.188. The lowest BCUT2D eigenvalue weighted by Crippen LogP contribution is -2.60. The lowest BCUT2D eigenvalue weighted by molar-refractivity contribution is -0.302. The first-order valence-electron chi connectivity index (χ1n) is 32.6. The van der Waals surface area contributed by atoms with Gasteiger partial charge in [-0.05, 0) is 89.9 Å². The molecule has 0 bridgehead atoms. The van der Waals surface area contributed by atoms with Gasteiger partial charge < -0.3 is 40.3 Å². The van der Waals surface area contributed by atoms with Crippen LogP contribution >= 0.6 is 0 Å². The number of allylic oxidation sites excluding steroid dienone is 17. The second kappa shape index (κ2) is 58.1. The number of amides is 1. The molecule has 9 nitrogen and oxygen atoms in total. The Morgan fingerprint density at radius 2 is 0.797 bits per heavy atom. The third-order valence-corrected chi connectivity index (χ3v) is 14.8. The lowest BCUT2D eigenvalue weighted by atomic mass is 9.99. The summed E-state index contributed by atoms with van der Waals surface area (Å²) in [4.78, 5) is 13.1. The molecular weight excluding hydrogens is 983 g/mol. The fourth-order valence-electron chi connectivity index (χ4n) is 9.74. The van der Waals surface area contributed by atoms with Gasteiger partial charge in [0.15, 0.2) is 6.29 Å². The van der Waals surface area contributed by atoms with Crippen LogP contribution in [0.5, 0.6) is 0 Å². The Kier molecular flexibility index (Phi) is 54.3. The average molecular weight is 1100 g/mol. The highest BCUT2D eigenvalue weighted by atomic mass is 16.7. The second-order valence-corrected chi connectivity index (χ2v) is 22.2. The normalized spacial score (nSPS) is 19.3. The number of hydrogen-bond donors (Lipinski definition) is 6. The van der Waals surface area contributed by atoms with Crippen LogP contribution in [0.3, 0.4) is 0 Å². The highest BCUT2D eigenvalue weighted by Gasteiger charge is 2.44. The van der Waals surface area contributed by atoms with Gasteiger partial charge in [0.1, 0.15) is 24.4 Å². The zero-order chi connectivity index (χ0) is 57.2. The van der Waals surface area contributed by atoms with Crippen LogP contribution in [0.25, 0.3) is 0 Å². The minimum atomic E-state index is -1.58. The first-order valence-corrected chi connectivity index (χ1v) is 32.6. The van der Waals surface area contributed by atoms with E-state index in [2.05, 4.69) is 116 Å². The van der Waals surface area contributed by atoms with Gasteiger partial charge >= 0.3 is 0 Å². The Hall–Kier alpha value is -3.15. The standard InChI is InChI=1S/C70H121NO8/c1-3-5-7-9-11-13-15-17-19-21-23-24-25-26-27-28-29-30-31-32-33-34-35-36-37-38-39-40-42-44-46-48-50-52-54-56-58-60-66(74)71-63(62-78-70-69(77)68(76)67(75)65(61-72)79-70)64(73)59-57-55-53-51-49-47-45-43-41-22-20-18-16-14-12-10-8-6-4-2/h5,7,11,13,17,19,23-24,26-27,29-30,32-33,49,51,57,59,63-65,67-70,72-73,75-77H,3-4,6,8-10,12,14-16,18,20-22,25,28,31,34-48,50,52-56,58,60-62H2,1-2H3,(H,71,74)/b7-5-,13-11-,19-17-,24-23-,27-26-,30-29-,33-32-,51-49+,59-57+. The molecule has 0 aromatic rings. The molecule has 1 saturated heterocycles. The average Bonchev–Trinajstić information content (AvgIpc) is 3.46. The zero-order valence-corrected chi connectivity index (χ0v) is 50.6. The highest BCUT2D eigenvalue weighted by molar-refractivity contribution is 5.76. The topological polar surface area (TPSA) is 149 Å². The molecule has 0 aliphatic carbocycles. The van der Waals surface area contributed by atoms with Crippen molar-refractivity contribution >= 4 is 5.91 Å². The number of carbonyl (C=O) groups excluding carboxylic acids is 1. The Balaban J connectivity index is 2.15. The summed E-state index contributed by atoms with van der Waals surface area (Å²) in [5.41, 5.74) is 0. The van der Waals surface area contributed by atoms with Crippen LogP contribution in [0.4, 0.5) is 0 Å². The molecule has 1 rings (SSSR count). The Bertz CT molecular complexity index is 1610. The number of aliphatic hydroxyl groups excluding tert-OH is 5. The van der Waals surface area contributed by atoms with Crippen LogP contribution in [-0.2, 0) is 14.3 Å². The summed E-state index contributed by atoms with van der Waals surface area (Å²) in [6, 6.07) is -0.828. The van der Waals surface area contributed by atoms with E-state index in [1.54, 1.807) is 6.08 Å².